The predicted molar refractivity (Wildman–Crippen MR) is 58.9 cm³/mol. The topological polar surface area (TPSA) is 82.2 Å². The van der Waals surface area contributed by atoms with E-state index in [2.05, 4.69) is 10.3 Å². The molecule has 0 radical (unpaired) electrons. The number of nitrogens with one attached hydrogen (secondary N) is 2. The van der Waals surface area contributed by atoms with Crippen molar-refractivity contribution in [3.8, 4) is 0 Å². The highest BCUT2D eigenvalue weighted by atomic mass is 16.4. The molecule has 1 amide bonds. The second-order valence-corrected chi connectivity index (χ2v) is 3.56. The lowest BCUT2D eigenvalue weighted by molar-refractivity contribution is -0.147. The number of hydrogen-bond acceptors (Lipinski definition) is 2. The third kappa shape index (κ3) is 3.42. The van der Waals surface area contributed by atoms with Crippen molar-refractivity contribution in [2.45, 2.75) is 19.8 Å². The lowest BCUT2D eigenvalue weighted by Crippen LogP contribution is -2.36. The molecule has 3 N–H and O–H groups in total. The van der Waals surface area contributed by atoms with Gasteiger partial charge in [0, 0.05) is 18.9 Å². The predicted octanol–water partition coefficient (Wildman–Crippen LogP) is 0.784. The third-order valence-corrected chi connectivity index (χ3v) is 2.40. The number of carbonyl (C=O) groups is 2. The SMILES string of the molecule is CCC(C(=O)O)C(=O)NCCc1cc[nH]c1. The van der Waals surface area contributed by atoms with Gasteiger partial charge in [0.2, 0.25) is 5.91 Å². The van der Waals surface area contributed by atoms with Crippen LogP contribution < -0.4 is 5.32 Å². The number of aromatic amines is 1. The molecule has 1 aromatic heterocycles. The average molecular weight is 224 g/mol. The van der Waals surface area contributed by atoms with Crippen LogP contribution in [0.15, 0.2) is 18.5 Å². The fourth-order valence-electron chi connectivity index (χ4n) is 1.44. The highest BCUT2D eigenvalue weighted by Crippen LogP contribution is 2.03. The van der Waals surface area contributed by atoms with Gasteiger partial charge in [0.05, 0.1) is 0 Å². The van der Waals surface area contributed by atoms with Gasteiger partial charge in [-0.05, 0) is 24.5 Å². The van der Waals surface area contributed by atoms with Gasteiger partial charge < -0.3 is 15.4 Å². The fourth-order valence-corrected chi connectivity index (χ4v) is 1.44. The Labute approximate surface area is 93.9 Å². The molecule has 0 aliphatic carbocycles. The second-order valence-electron chi connectivity index (χ2n) is 3.56. The summed E-state index contributed by atoms with van der Waals surface area (Å²) in [5.74, 6) is -2.42. The molecule has 5 nitrogen and oxygen atoms in total. The van der Waals surface area contributed by atoms with Gasteiger partial charge in [-0.1, -0.05) is 6.92 Å². The van der Waals surface area contributed by atoms with Crippen LogP contribution in [0.25, 0.3) is 0 Å². The number of carboxylic acid groups (broad SMARTS) is 1. The lowest BCUT2D eigenvalue weighted by Gasteiger charge is -2.09. The van der Waals surface area contributed by atoms with Gasteiger partial charge >= 0.3 is 5.97 Å². The van der Waals surface area contributed by atoms with E-state index in [-0.39, 0.29) is 0 Å². The maximum Gasteiger partial charge on any atom is 0.316 e. The zero-order valence-corrected chi connectivity index (χ0v) is 9.19. The lowest BCUT2D eigenvalue weighted by atomic mass is 10.1. The summed E-state index contributed by atoms with van der Waals surface area (Å²) in [4.78, 5) is 25.1. The Hall–Kier alpha value is -1.78. The number of amides is 1. The number of rotatable bonds is 6. The molecular formula is C11H16N2O3. The summed E-state index contributed by atoms with van der Waals surface area (Å²) in [5, 5.41) is 11.4. The van der Waals surface area contributed by atoms with E-state index >= 15 is 0 Å². The summed E-state index contributed by atoms with van der Waals surface area (Å²) in [5.41, 5.74) is 1.09. The largest absolute Gasteiger partial charge is 0.481 e. The smallest absolute Gasteiger partial charge is 0.316 e. The molecule has 0 saturated heterocycles. The molecule has 88 valence electrons. The molecule has 0 aliphatic heterocycles. The van der Waals surface area contributed by atoms with Gasteiger partial charge in [0.1, 0.15) is 5.92 Å². The van der Waals surface area contributed by atoms with Crippen molar-refractivity contribution >= 4 is 11.9 Å². The molecule has 1 atom stereocenters. The number of hydrogen-bond donors (Lipinski definition) is 3. The van der Waals surface area contributed by atoms with Crippen LogP contribution in [0, 0.1) is 5.92 Å². The molecule has 0 saturated carbocycles. The second kappa shape index (κ2) is 5.95. The molecule has 0 fully saturated rings. The maximum absolute atomic E-state index is 11.4. The Morgan fingerprint density at radius 3 is 2.81 bits per heavy atom. The molecule has 1 heterocycles. The van der Waals surface area contributed by atoms with Crippen LogP contribution in [0.4, 0.5) is 0 Å². The van der Waals surface area contributed by atoms with Gasteiger partial charge in [0.25, 0.3) is 0 Å². The van der Waals surface area contributed by atoms with E-state index in [0.29, 0.717) is 19.4 Å². The highest BCUT2D eigenvalue weighted by Gasteiger charge is 2.23. The number of aliphatic carboxylic acids is 1. The van der Waals surface area contributed by atoms with Crippen LogP contribution in [0.3, 0.4) is 0 Å². The summed E-state index contributed by atoms with van der Waals surface area (Å²) in [7, 11) is 0. The van der Waals surface area contributed by atoms with Crippen molar-refractivity contribution in [2.75, 3.05) is 6.54 Å². The van der Waals surface area contributed by atoms with Crippen molar-refractivity contribution in [2.24, 2.45) is 5.92 Å². The van der Waals surface area contributed by atoms with Gasteiger partial charge in [0.15, 0.2) is 0 Å². The number of carbonyl (C=O) groups excluding carboxylic acids is 1. The standard InChI is InChI=1S/C11H16N2O3/c1-2-9(11(15)16)10(14)13-6-4-8-3-5-12-7-8/h3,5,7,9,12H,2,4,6H2,1H3,(H,13,14)(H,15,16). The van der Waals surface area contributed by atoms with Crippen LogP contribution in [0.2, 0.25) is 0 Å². The van der Waals surface area contributed by atoms with Crippen LogP contribution in [0.5, 0.6) is 0 Å². The van der Waals surface area contributed by atoms with E-state index in [1.807, 2.05) is 18.5 Å². The first kappa shape index (κ1) is 12.3. The quantitative estimate of drug-likeness (QED) is 0.624. The van der Waals surface area contributed by atoms with E-state index in [1.165, 1.54) is 0 Å². The first-order valence-electron chi connectivity index (χ1n) is 5.27. The van der Waals surface area contributed by atoms with Crippen molar-refractivity contribution in [3.63, 3.8) is 0 Å². The molecule has 0 aromatic carbocycles. The molecule has 0 bridgehead atoms. The Kier molecular flexibility index (Phi) is 4.57. The number of H-pyrrole nitrogens is 1. The summed E-state index contributed by atoms with van der Waals surface area (Å²) in [6.45, 7) is 2.14. The Bertz CT molecular complexity index is 346. The maximum atomic E-state index is 11.4. The highest BCUT2D eigenvalue weighted by molar-refractivity contribution is 5.96. The third-order valence-electron chi connectivity index (χ3n) is 2.40. The zero-order chi connectivity index (χ0) is 12.0. The molecular weight excluding hydrogens is 208 g/mol. The minimum absolute atomic E-state index is 0.311. The van der Waals surface area contributed by atoms with Gasteiger partial charge in [-0.15, -0.1) is 0 Å². The molecule has 0 aliphatic rings. The summed E-state index contributed by atoms with van der Waals surface area (Å²) in [6, 6.07) is 1.92. The Morgan fingerprint density at radius 2 is 2.31 bits per heavy atom. The van der Waals surface area contributed by atoms with Crippen LogP contribution >= 0.6 is 0 Å². The first-order chi connectivity index (χ1) is 7.65. The zero-order valence-electron chi connectivity index (χ0n) is 9.19. The molecule has 5 heteroatoms. The van der Waals surface area contributed by atoms with Crippen molar-refractivity contribution < 1.29 is 14.7 Å². The fraction of sp³-hybridized carbons (Fsp3) is 0.455. The minimum Gasteiger partial charge on any atom is -0.481 e. The number of aromatic nitrogens is 1. The average Bonchev–Trinajstić information content (AvgIpc) is 2.71. The van der Waals surface area contributed by atoms with Gasteiger partial charge in [-0.2, -0.15) is 0 Å². The normalized spacial score (nSPS) is 12.1. The minimum atomic E-state index is -1.07. The van der Waals surface area contributed by atoms with Gasteiger partial charge in [-0.3, -0.25) is 9.59 Å². The van der Waals surface area contributed by atoms with Gasteiger partial charge in [-0.25, -0.2) is 0 Å². The summed E-state index contributed by atoms with van der Waals surface area (Å²) in [6.07, 6.45) is 4.67. The van der Waals surface area contributed by atoms with Crippen molar-refractivity contribution in [1.82, 2.24) is 10.3 Å². The summed E-state index contributed by atoms with van der Waals surface area (Å²) < 4.78 is 0. The van der Waals surface area contributed by atoms with E-state index in [4.69, 9.17) is 5.11 Å². The molecule has 0 spiro atoms. The first-order valence-corrected chi connectivity index (χ1v) is 5.27. The monoisotopic (exact) mass is 224 g/mol. The number of carboxylic acids is 1. The van der Waals surface area contributed by atoms with E-state index in [0.717, 1.165) is 5.56 Å². The van der Waals surface area contributed by atoms with Crippen molar-refractivity contribution in [3.05, 3.63) is 24.0 Å². The Balaban J connectivity index is 2.32. The summed E-state index contributed by atoms with van der Waals surface area (Å²) >= 11 is 0. The van der Waals surface area contributed by atoms with Crippen molar-refractivity contribution in [1.29, 1.82) is 0 Å². The van der Waals surface area contributed by atoms with Crippen LogP contribution in [0.1, 0.15) is 18.9 Å². The van der Waals surface area contributed by atoms with E-state index in [1.54, 1.807) is 6.92 Å². The Morgan fingerprint density at radius 1 is 1.56 bits per heavy atom. The van der Waals surface area contributed by atoms with Crippen LogP contribution in [-0.2, 0) is 16.0 Å². The van der Waals surface area contributed by atoms with E-state index < -0.39 is 17.8 Å². The molecule has 1 aromatic rings. The molecule has 16 heavy (non-hydrogen) atoms. The molecule has 1 rings (SSSR count). The van der Waals surface area contributed by atoms with Crippen LogP contribution in [-0.4, -0.2) is 28.5 Å². The van der Waals surface area contributed by atoms with E-state index in [9.17, 15) is 9.59 Å². The molecule has 1 unspecified atom stereocenters.